The number of rotatable bonds is 4. The van der Waals surface area contributed by atoms with Crippen LogP contribution in [0.3, 0.4) is 0 Å². The van der Waals surface area contributed by atoms with E-state index in [-0.39, 0.29) is 23.5 Å². The number of aromatic nitrogens is 4. The lowest BCUT2D eigenvalue weighted by atomic mass is 9.59. The molecule has 0 saturated carbocycles. The van der Waals surface area contributed by atoms with Crippen molar-refractivity contribution in [2.24, 2.45) is 13.0 Å². The molecule has 0 aliphatic heterocycles. The molecule has 4 aromatic rings. The van der Waals surface area contributed by atoms with Crippen molar-refractivity contribution in [2.75, 3.05) is 12.0 Å². The Labute approximate surface area is 189 Å². The number of nitrogens with zero attached hydrogens (tertiary/aromatic N) is 3. The van der Waals surface area contributed by atoms with Crippen LogP contribution in [-0.4, -0.2) is 32.3 Å². The molecule has 4 N–H and O–H groups in total. The maximum Gasteiger partial charge on any atom is 0.333 e. The van der Waals surface area contributed by atoms with Gasteiger partial charge in [0.1, 0.15) is 5.39 Å². The minimum atomic E-state index is -0.384. The summed E-state index contributed by atoms with van der Waals surface area (Å²) in [6.45, 7) is 0.544. The summed E-state index contributed by atoms with van der Waals surface area (Å²) in [5.41, 5.74) is 10.9. The van der Waals surface area contributed by atoms with E-state index in [0.717, 1.165) is 6.42 Å². The highest BCUT2D eigenvalue weighted by Gasteiger charge is 2.42. The summed E-state index contributed by atoms with van der Waals surface area (Å²) in [7, 11) is 1.70. The number of urea groups is 1. The summed E-state index contributed by atoms with van der Waals surface area (Å²) >= 11 is 0. The Morgan fingerprint density at radius 1 is 1.09 bits per heavy atom. The second-order valence-corrected chi connectivity index (χ2v) is 8.66. The number of aromatic amines is 1. The summed E-state index contributed by atoms with van der Waals surface area (Å²) in [4.78, 5) is 31.5. The monoisotopic (exact) mass is 441 g/mol. The lowest BCUT2D eigenvalue weighted by molar-refractivity contribution is 0.237. The number of anilines is 1. The molecule has 1 atom stereocenters. The van der Waals surface area contributed by atoms with E-state index in [4.69, 9.17) is 0 Å². The second kappa shape index (κ2) is 7.47. The summed E-state index contributed by atoms with van der Waals surface area (Å²) in [5.74, 6) is 1.07. The third kappa shape index (κ3) is 3.15. The van der Waals surface area contributed by atoms with E-state index in [2.05, 4.69) is 79.8 Å². The number of nitrogens with one attached hydrogen (secondary N) is 4. The van der Waals surface area contributed by atoms with E-state index in [0.29, 0.717) is 29.4 Å². The molecule has 2 aromatic carbocycles. The fraction of sp³-hybridized carbons (Fsp3) is 0.250. The number of hydrogen-bond acceptors (Lipinski definition) is 5. The molecule has 9 heteroatoms. The first kappa shape index (κ1) is 19.5. The molecular formula is C24H23N7O2. The lowest BCUT2D eigenvalue weighted by Crippen LogP contribution is -2.44. The molecule has 0 saturated heterocycles. The third-order valence-electron chi connectivity index (χ3n) is 6.84. The Morgan fingerprint density at radius 2 is 1.76 bits per heavy atom. The van der Waals surface area contributed by atoms with Gasteiger partial charge in [-0.25, -0.2) is 10.2 Å². The Hall–Kier alpha value is -4.14. The van der Waals surface area contributed by atoms with Crippen LogP contribution < -0.4 is 21.7 Å². The van der Waals surface area contributed by atoms with Gasteiger partial charge < -0.3 is 5.32 Å². The SMILES string of the molecule is Cn1ncc2c(=O)[nH]c(NNC(=O)NCC3CC4c5ccccc5C3c3ccccc34)nc21. The van der Waals surface area contributed by atoms with Gasteiger partial charge in [-0.15, -0.1) is 0 Å². The van der Waals surface area contributed by atoms with Crippen LogP contribution in [0.25, 0.3) is 11.0 Å². The minimum Gasteiger partial charge on any atom is -0.336 e. The highest BCUT2D eigenvalue weighted by molar-refractivity contribution is 5.76. The van der Waals surface area contributed by atoms with Crippen LogP contribution in [0.4, 0.5) is 10.7 Å². The molecule has 166 valence electrons. The zero-order valence-corrected chi connectivity index (χ0v) is 18.0. The number of aryl methyl sites for hydroxylation is 1. The van der Waals surface area contributed by atoms with Crippen molar-refractivity contribution in [1.82, 2.24) is 30.5 Å². The molecule has 2 bridgehead atoms. The highest BCUT2D eigenvalue weighted by atomic mass is 16.2. The summed E-state index contributed by atoms with van der Waals surface area (Å²) in [5, 5.41) is 7.40. The van der Waals surface area contributed by atoms with Gasteiger partial charge in [-0.3, -0.25) is 19.9 Å². The Bertz CT molecular complexity index is 1390. The van der Waals surface area contributed by atoms with Gasteiger partial charge in [-0.05, 0) is 34.6 Å². The molecule has 33 heavy (non-hydrogen) atoms. The normalized spacial score (nSPS) is 20.2. The summed E-state index contributed by atoms with van der Waals surface area (Å²) in [6, 6.07) is 16.9. The van der Waals surface area contributed by atoms with Crippen LogP contribution in [0.5, 0.6) is 0 Å². The molecule has 0 spiro atoms. The molecule has 2 aromatic heterocycles. The number of amides is 2. The van der Waals surface area contributed by atoms with Crippen molar-refractivity contribution in [3.8, 4) is 0 Å². The maximum absolute atomic E-state index is 12.5. The first-order valence-electron chi connectivity index (χ1n) is 11.0. The first-order valence-corrected chi connectivity index (χ1v) is 11.0. The van der Waals surface area contributed by atoms with Crippen LogP contribution >= 0.6 is 0 Å². The molecule has 1 unspecified atom stereocenters. The smallest absolute Gasteiger partial charge is 0.333 e. The van der Waals surface area contributed by atoms with Crippen molar-refractivity contribution in [3.63, 3.8) is 0 Å². The van der Waals surface area contributed by atoms with Gasteiger partial charge in [0, 0.05) is 25.4 Å². The van der Waals surface area contributed by atoms with E-state index in [1.807, 2.05) is 0 Å². The molecule has 2 heterocycles. The zero-order chi connectivity index (χ0) is 22.5. The van der Waals surface area contributed by atoms with Gasteiger partial charge in [-0.2, -0.15) is 10.1 Å². The predicted molar refractivity (Wildman–Crippen MR) is 124 cm³/mol. The highest BCUT2D eigenvalue weighted by Crippen LogP contribution is 2.55. The number of carbonyl (C=O) groups excluding carboxylic acids is 1. The number of benzene rings is 2. The largest absolute Gasteiger partial charge is 0.336 e. The molecule has 9 nitrogen and oxygen atoms in total. The molecule has 0 fully saturated rings. The Kier molecular flexibility index (Phi) is 4.42. The average molecular weight is 441 g/mol. The van der Waals surface area contributed by atoms with Gasteiger partial charge >= 0.3 is 6.03 Å². The van der Waals surface area contributed by atoms with Crippen LogP contribution in [0.15, 0.2) is 59.5 Å². The molecule has 0 radical (unpaired) electrons. The molecular weight excluding hydrogens is 418 g/mol. The van der Waals surface area contributed by atoms with E-state index in [9.17, 15) is 9.59 Å². The van der Waals surface area contributed by atoms with E-state index < -0.39 is 0 Å². The van der Waals surface area contributed by atoms with Gasteiger partial charge in [-0.1, -0.05) is 48.5 Å². The maximum atomic E-state index is 12.5. The van der Waals surface area contributed by atoms with Gasteiger partial charge in [0.05, 0.1) is 6.20 Å². The lowest BCUT2D eigenvalue weighted by Gasteiger charge is -2.45. The fourth-order valence-electron chi connectivity index (χ4n) is 5.44. The zero-order valence-electron chi connectivity index (χ0n) is 18.0. The van der Waals surface area contributed by atoms with Crippen LogP contribution in [0, 0.1) is 5.92 Å². The van der Waals surface area contributed by atoms with Crippen molar-refractivity contribution in [2.45, 2.75) is 18.3 Å². The van der Waals surface area contributed by atoms with E-state index in [1.54, 1.807) is 7.05 Å². The predicted octanol–water partition coefficient (Wildman–Crippen LogP) is 2.58. The van der Waals surface area contributed by atoms with Crippen molar-refractivity contribution in [3.05, 3.63) is 87.3 Å². The van der Waals surface area contributed by atoms with E-state index >= 15 is 0 Å². The number of H-pyrrole nitrogens is 1. The number of hydrazine groups is 1. The summed E-state index contributed by atoms with van der Waals surface area (Å²) in [6.07, 6.45) is 2.46. The average Bonchev–Trinajstić information content (AvgIpc) is 3.22. The quantitative estimate of drug-likeness (QED) is 0.363. The van der Waals surface area contributed by atoms with Crippen molar-refractivity contribution in [1.29, 1.82) is 0 Å². The molecule has 2 amide bonds. The summed E-state index contributed by atoms with van der Waals surface area (Å²) < 4.78 is 1.50. The topological polar surface area (TPSA) is 117 Å². The third-order valence-corrected chi connectivity index (χ3v) is 6.84. The van der Waals surface area contributed by atoms with Crippen molar-refractivity contribution < 1.29 is 4.79 Å². The molecule has 3 aliphatic rings. The van der Waals surface area contributed by atoms with Crippen molar-refractivity contribution >= 4 is 23.0 Å². The standard InChI is InChI=1S/C24H23N7O2/c1-31-21-19(12-26-31)22(32)28-23(27-21)29-30-24(33)25-11-13-10-18-14-6-2-4-8-16(14)20(13)17-9-5-3-7-15(17)18/h2-9,12-13,18,20H,10-11H2,1H3,(H2,25,30,33)(H2,27,28,29,32). The fourth-order valence-corrected chi connectivity index (χ4v) is 5.44. The molecule has 7 rings (SSSR count). The van der Waals surface area contributed by atoms with Gasteiger partial charge in [0.2, 0.25) is 5.95 Å². The van der Waals surface area contributed by atoms with Crippen LogP contribution in [0.1, 0.15) is 40.5 Å². The van der Waals surface area contributed by atoms with Crippen LogP contribution in [-0.2, 0) is 7.05 Å². The number of fused-ring (bicyclic) bond motifs is 2. The number of carbonyl (C=O) groups is 1. The van der Waals surface area contributed by atoms with Crippen LogP contribution in [0.2, 0.25) is 0 Å². The second-order valence-electron chi connectivity index (χ2n) is 8.66. The van der Waals surface area contributed by atoms with E-state index in [1.165, 1.54) is 33.1 Å². The van der Waals surface area contributed by atoms with Gasteiger partial charge in [0.15, 0.2) is 5.65 Å². The molecule has 3 aliphatic carbocycles. The van der Waals surface area contributed by atoms with Gasteiger partial charge in [0.25, 0.3) is 5.56 Å². The Balaban J connectivity index is 1.15. The first-order chi connectivity index (χ1) is 16.1. The Morgan fingerprint density at radius 3 is 2.45 bits per heavy atom. The number of hydrogen-bond donors (Lipinski definition) is 4. The minimum absolute atomic E-state index is 0.144.